The fourth-order valence-corrected chi connectivity index (χ4v) is 2.72. The van der Waals surface area contributed by atoms with Crippen molar-refractivity contribution in [1.29, 1.82) is 0 Å². The second-order valence-corrected chi connectivity index (χ2v) is 7.09. The number of nitrogens with one attached hydrogen (secondary N) is 2. The normalized spacial score (nSPS) is 13.9. The number of hydrazone groups is 2. The van der Waals surface area contributed by atoms with Crippen molar-refractivity contribution in [3.8, 4) is 5.75 Å². The van der Waals surface area contributed by atoms with Gasteiger partial charge in [-0.1, -0.05) is 39.5 Å². The van der Waals surface area contributed by atoms with E-state index < -0.39 is 12.5 Å². The van der Waals surface area contributed by atoms with E-state index in [9.17, 15) is 15.3 Å². The number of aryl methyl sites for hydroxylation is 1. The summed E-state index contributed by atoms with van der Waals surface area (Å²) in [6.07, 6.45) is 9.06. The van der Waals surface area contributed by atoms with Gasteiger partial charge in [-0.3, -0.25) is 10.9 Å². The average Bonchev–Trinajstić information content (AvgIpc) is 2.65. The number of aliphatic hydroxyl groups excluding tert-OH is 2. The van der Waals surface area contributed by atoms with Crippen molar-refractivity contribution in [2.75, 3.05) is 0 Å². The van der Waals surface area contributed by atoms with E-state index >= 15 is 0 Å². The van der Waals surface area contributed by atoms with E-state index in [1.165, 1.54) is 12.4 Å². The molecule has 158 valence electrons. The van der Waals surface area contributed by atoms with Crippen molar-refractivity contribution >= 4 is 12.4 Å². The summed E-state index contributed by atoms with van der Waals surface area (Å²) in [7, 11) is 0. The number of benzene rings is 1. The smallest absolute Gasteiger partial charge is 0.139 e. The number of phenols is 1. The maximum atomic E-state index is 10.4. The van der Waals surface area contributed by atoms with Crippen molar-refractivity contribution in [3.63, 3.8) is 0 Å². The Kier molecular flexibility index (Phi) is 11.9. The van der Waals surface area contributed by atoms with Crippen molar-refractivity contribution in [1.82, 2.24) is 10.9 Å². The molecule has 0 fully saturated rings. The van der Waals surface area contributed by atoms with E-state index in [0.717, 1.165) is 44.1 Å². The van der Waals surface area contributed by atoms with Crippen LogP contribution >= 0.6 is 0 Å². The van der Waals surface area contributed by atoms with Gasteiger partial charge in [0, 0.05) is 11.1 Å². The fourth-order valence-electron chi connectivity index (χ4n) is 2.72. The van der Waals surface area contributed by atoms with Crippen LogP contribution in [-0.4, -0.2) is 40.2 Å². The SMILES string of the molecule is CCCCCC(O)N/N=C/c1cc(C)cc(/C=N/NC(O)CCCCC)c1O. The molecule has 2 unspecified atom stereocenters. The Morgan fingerprint density at radius 2 is 1.29 bits per heavy atom. The lowest BCUT2D eigenvalue weighted by Gasteiger charge is -2.10. The van der Waals surface area contributed by atoms with Crippen LogP contribution in [0.2, 0.25) is 0 Å². The summed E-state index contributed by atoms with van der Waals surface area (Å²) < 4.78 is 0. The number of unbranched alkanes of at least 4 members (excludes halogenated alkanes) is 4. The van der Waals surface area contributed by atoms with Gasteiger partial charge in [-0.25, -0.2) is 0 Å². The molecule has 0 bridgehead atoms. The summed E-state index contributed by atoms with van der Waals surface area (Å²) in [5, 5.41) is 38.2. The first-order valence-corrected chi connectivity index (χ1v) is 10.2. The molecule has 0 amide bonds. The summed E-state index contributed by atoms with van der Waals surface area (Å²) >= 11 is 0. The number of aromatic hydroxyl groups is 1. The Morgan fingerprint density at radius 3 is 1.68 bits per heavy atom. The van der Waals surface area contributed by atoms with Crippen molar-refractivity contribution in [2.45, 2.75) is 84.6 Å². The molecule has 1 aromatic carbocycles. The van der Waals surface area contributed by atoms with E-state index in [1.54, 1.807) is 12.1 Å². The summed E-state index contributed by atoms with van der Waals surface area (Å²) in [5.74, 6) is 0.0441. The first-order chi connectivity index (χ1) is 13.5. The van der Waals surface area contributed by atoms with Crippen LogP contribution in [0.4, 0.5) is 0 Å². The Hall–Kier alpha value is -2.12. The lowest BCUT2D eigenvalue weighted by Crippen LogP contribution is -2.23. The third-order valence-electron chi connectivity index (χ3n) is 4.33. The molecule has 2 atom stereocenters. The van der Waals surface area contributed by atoms with Gasteiger partial charge in [0.1, 0.15) is 18.2 Å². The van der Waals surface area contributed by atoms with E-state index in [1.807, 2.05) is 6.92 Å². The predicted octanol–water partition coefficient (Wildman–Crippen LogP) is 3.35. The maximum absolute atomic E-state index is 10.4. The quantitative estimate of drug-likeness (QED) is 0.144. The molecule has 0 heterocycles. The van der Waals surface area contributed by atoms with E-state index in [2.05, 4.69) is 34.9 Å². The van der Waals surface area contributed by atoms with E-state index in [4.69, 9.17) is 0 Å². The van der Waals surface area contributed by atoms with E-state index in [-0.39, 0.29) is 5.75 Å². The molecular weight excluding hydrogens is 356 g/mol. The summed E-state index contributed by atoms with van der Waals surface area (Å²) in [6, 6.07) is 3.60. The molecule has 5 N–H and O–H groups in total. The van der Waals surface area contributed by atoms with Gasteiger partial charge in [-0.15, -0.1) is 0 Å². The highest BCUT2D eigenvalue weighted by atomic mass is 16.3. The highest BCUT2D eigenvalue weighted by molar-refractivity contribution is 5.92. The van der Waals surface area contributed by atoms with Crippen LogP contribution in [0.1, 0.15) is 81.9 Å². The molecule has 28 heavy (non-hydrogen) atoms. The fraction of sp³-hybridized carbons (Fsp3) is 0.619. The topological polar surface area (TPSA) is 109 Å². The molecule has 0 aliphatic heterocycles. The second-order valence-electron chi connectivity index (χ2n) is 7.09. The van der Waals surface area contributed by atoms with Crippen LogP contribution < -0.4 is 10.9 Å². The Morgan fingerprint density at radius 1 is 0.857 bits per heavy atom. The molecule has 0 saturated carbocycles. The van der Waals surface area contributed by atoms with Gasteiger partial charge in [-0.2, -0.15) is 10.2 Å². The summed E-state index contributed by atoms with van der Waals surface area (Å²) in [6.45, 7) is 6.14. The minimum Gasteiger partial charge on any atom is -0.507 e. The minimum absolute atomic E-state index is 0.0441. The standard InChI is InChI=1S/C21H36N4O3/c1-4-6-8-10-19(26)24-22-14-17-12-16(3)13-18(21(17)28)15-23-25-20(27)11-9-7-5-2/h12-15,19-20,24-28H,4-11H2,1-3H3/b22-14+,23-15+. The molecule has 1 rings (SSSR count). The average molecular weight is 393 g/mol. The van der Waals surface area contributed by atoms with Crippen molar-refractivity contribution in [2.24, 2.45) is 10.2 Å². The lowest BCUT2D eigenvalue weighted by atomic mass is 10.1. The molecule has 0 radical (unpaired) electrons. The van der Waals surface area contributed by atoms with Crippen molar-refractivity contribution in [3.05, 3.63) is 28.8 Å². The number of aliphatic hydroxyl groups is 2. The Labute approximate surface area is 168 Å². The molecule has 0 aliphatic carbocycles. The number of rotatable bonds is 14. The van der Waals surface area contributed by atoms with Crippen LogP contribution in [0.15, 0.2) is 22.3 Å². The first-order valence-electron chi connectivity index (χ1n) is 10.2. The van der Waals surface area contributed by atoms with Gasteiger partial charge in [-0.05, 0) is 50.3 Å². The van der Waals surface area contributed by atoms with Gasteiger partial charge in [0.15, 0.2) is 0 Å². The van der Waals surface area contributed by atoms with Gasteiger partial charge in [0.25, 0.3) is 0 Å². The highest BCUT2D eigenvalue weighted by Crippen LogP contribution is 2.21. The largest absolute Gasteiger partial charge is 0.507 e. The molecule has 0 aliphatic rings. The highest BCUT2D eigenvalue weighted by Gasteiger charge is 2.07. The molecule has 1 aromatic rings. The first kappa shape index (κ1) is 23.9. The number of nitrogens with zero attached hydrogens (tertiary/aromatic N) is 2. The molecule has 7 nitrogen and oxygen atoms in total. The molecule has 0 spiro atoms. The van der Waals surface area contributed by atoms with Gasteiger partial charge in [0.2, 0.25) is 0 Å². The molecular formula is C21H36N4O3. The number of hydrogen-bond donors (Lipinski definition) is 5. The molecule has 0 aromatic heterocycles. The third-order valence-corrected chi connectivity index (χ3v) is 4.33. The monoisotopic (exact) mass is 392 g/mol. The Balaban J connectivity index is 2.64. The predicted molar refractivity (Wildman–Crippen MR) is 115 cm³/mol. The van der Waals surface area contributed by atoms with Crippen LogP contribution in [0.5, 0.6) is 5.75 Å². The van der Waals surface area contributed by atoms with Gasteiger partial charge in [0.05, 0.1) is 12.4 Å². The van der Waals surface area contributed by atoms with Crippen LogP contribution in [0, 0.1) is 6.92 Å². The molecule has 0 saturated heterocycles. The summed E-state index contributed by atoms with van der Waals surface area (Å²) in [5.41, 5.74) is 7.34. The third kappa shape index (κ3) is 9.71. The number of phenolic OH excluding ortho intramolecular Hbond substituents is 1. The zero-order chi connectivity index (χ0) is 20.8. The lowest BCUT2D eigenvalue weighted by molar-refractivity contribution is 0.126. The minimum atomic E-state index is -0.700. The number of hydrogen-bond acceptors (Lipinski definition) is 7. The molecule has 7 heteroatoms. The Bertz CT molecular complexity index is 571. The van der Waals surface area contributed by atoms with Crippen molar-refractivity contribution < 1.29 is 15.3 Å². The van der Waals surface area contributed by atoms with Gasteiger partial charge < -0.3 is 15.3 Å². The maximum Gasteiger partial charge on any atom is 0.139 e. The van der Waals surface area contributed by atoms with Crippen LogP contribution in [0.25, 0.3) is 0 Å². The zero-order valence-electron chi connectivity index (χ0n) is 17.4. The van der Waals surface area contributed by atoms with Gasteiger partial charge >= 0.3 is 0 Å². The van der Waals surface area contributed by atoms with E-state index in [0.29, 0.717) is 24.0 Å². The van der Waals surface area contributed by atoms with Crippen LogP contribution in [-0.2, 0) is 0 Å². The van der Waals surface area contributed by atoms with Crippen LogP contribution in [0.3, 0.4) is 0 Å². The summed E-state index contributed by atoms with van der Waals surface area (Å²) in [4.78, 5) is 0. The second kappa shape index (κ2) is 14.0. The zero-order valence-corrected chi connectivity index (χ0v) is 17.4.